The lowest BCUT2D eigenvalue weighted by atomic mass is 10.0. The lowest BCUT2D eigenvalue weighted by molar-refractivity contribution is -0.140. The Morgan fingerprint density at radius 2 is 1.85 bits per heavy atom. The van der Waals surface area contributed by atoms with Crippen LogP contribution in [0.15, 0.2) is 48.5 Å². The van der Waals surface area contributed by atoms with E-state index in [-0.39, 0.29) is 24.3 Å². The first kappa shape index (κ1) is 29.5. The number of benzene rings is 2. The standard InChI is InChI=1S/C30H38N4O5/c1-20-15-25(27(35)32-18-22-11-13-23(17-31)26(16-22)38-5)34(19-20)28(36)24(33-29(37)39-30(2,3)4)14-12-21-9-7-6-8-10-21/h6-11,13,16,20,24-25H,12,14-15,18-19H2,1-5H3,(H,32,35)(H,33,37)/t20-,24-,25+/m1/s1. The van der Waals surface area contributed by atoms with E-state index in [4.69, 9.17) is 9.47 Å². The maximum Gasteiger partial charge on any atom is 0.408 e. The highest BCUT2D eigenvalue weighted by Gasteiger charge is 2.40. The number of nitriles is 1. The minimum Gasteiger partial charge on any atom is -0.495 e. The van der Waals surface area contributed by atoms with Crippen LogP contribution in [0.5, 0.6) is 5.75 Å². The van der Waals surface area contributed by atoms with Crippen molar-refractivity contribution < 1.29 is 23.9 Å². The van der Waals surface area contributed by atoms with Crippen LogP contribution in [-0.4, -0.2) is 54.1 Å². The van der Waals surface area contributed by atoms with E-state index in [0.29, 0.717) is 37.1 Å². The summed E-state index contributed by atoms with van der Waals surface area (Å²) >= 11 is 0. The first-order valence-electron chi connectivity index (χ1n) is 13.2. The molecule has 0 aliphatic carbocycles. The second kappa shape index (κ2) is 13.1. The summed E-state index contributed by atoms with van der Waals surface area (Å²) in [7, 11) is 1.49. The van der Waals surface area contributed by atoms with Crippen molar-refractivity contribution in [2.75, 3.05) is 13.7 Å². The Labute approximate surface area is 230 Å². The maximum atomic E-state index is 13.8. The molecule has 1 aliphatic rings. The van der Waals surface area contributed by atoms with Gasteiger partial charge in [0.05, 0.1) is 12.7 Å². The van der Waals surface area contributed by atoms with E-state index in [9.17, 15) is 19.6 Å². The molecule has 0 unspecified atom stereocenters. The van der Waals surface area contributed by atoms with Gasteiger partial charge in [-0.25, -0.2) is 4.79 Å². The van der Waals surface area contributed by atoms with Crippen LogP contribution in [0.1, 0.15) is 57.2 Å². The maximum absolute atomic E-state index is 13.8. The molecule has 2 N–H and O–H groups in total. The van der Waals surface area contributed by atoms with Crippen LogP contribution >= 0.6 is 0 Å². The molecule has 1 aliphatic heterocycles. The summed E-state index contributed by atoms with van der Waals surface area (Å²) in [6.45, 7) is 7.93. The molecule has 1 heterocycles. The number of carbonyl (C=O) groups excluding carboxylic acids is 3. The molecule has 208 valence electrons. The Kier molecular flexibility index (Phi) is 9.94. The minimum atomic E-state index is -0.844. The van der Waals surface area contributed by atoms with Gasteiger partial charge in [0.25, 0.3) is 0 Å². The zero-order valence-corrected chi connectivity index (χ0v) is 23.3. The van der Waals surface area contributed by atoms with E-state index in [1.54, 1.807) is 43.9 Å². The van der Waals surface area contributed by atoms with Crippen LogP contribution in [0.4, 0.5) is 4.79 Å². The predicted octanol–water partition coefficient (Wildman–Crippen LogP) is 3.95. The van der Waals surface area contributed by atoms with Crippen LogP contribution in [0.3, 0.4) is 0 Å². The molecule has 2 aromatic rings. The van der Waals surface area contributed by atoms with Gasteiger partial charge in [-0.1, -0.05) is 43.3 Å². The fraction of sp³-hybridized carbons (Fsp3) is 0.467. The SMILES string of the molecule is COc1cc(CNC(=O)[C@@H]2C[C@@H](C)CN2C(=O)[C@@H](CCc2ccccc2)NC(=O)OC(C)(C)C)ccc1C#N. The minimum absolute atomic E-state index is 0.121. The van der Waals surface area contributed by atoms with Gasteiger partial charge in [0.2, 0.25) is 11.8 Å². The van der Waals surface area contributed by atoms with Crippen LogP contribution < -0.4 is 15.4 Å². The molecule has 3 amide bonds. The van der Waals surface area contributed by atoms with Crippen molar-refractivity contribution in [1.82, 2.24) is 15.5 Å². The average Bonchev–Trinajstić information content (AvgIpc) is 3.30. The lowest BCUT2D eigenvalue weighted by Gasteiger charge is -2.29. The largest absolute Gasteiger partial charge is 0.495 e. The van der Waals surface area contributed by atoms with Gasteiger partial charge in [-0.2, -0.15) is 5.26 Å². The summed E-state index contributed by atoms with van der Waals surface area (Å²) < 4.78 is 10.7. The Morgan fingerprint density at radius 3 is 2.49 bits per heavy atom. The molecule has 0 spiro atoms. The third-order valence-corrected chi connectivity index (χ3v) is 6.50. The smallest absolute Gasteiger partial charge is 0.408 e. The van der Waals surface area contributed by atoms with Crippen molar-refractivity contribution in [2.45, 2.75) is 71.2 Å². The molecule has 1 fully saturated rings. The van der Waals surface area contributed by atoms with Gasteiger partial charge in [-0.15, -0.1) is 0 Å². The number of ether oxygens (including phenoxy) is 2. The summed E-state index contributed by atoms with van der Waals surface area (Å²) in [5.41, 5.74) is 1.52. The number of carbonyl (C=O) groups is 3. The van der Waals surface area contributed by atoms with Crippen LogP contribution in [0.25, 0.3) is 0 Å². The second-order valence-electron chi connectivity index (χ2n) is 10.9. The topological polar surface area (TPSA) is 121 Å². The molecule has 1 saturated heterocycles. The molecule has 39 heavy (non-hydrogen) atoms. The Balaban J connectivity index is 1.73. The van der Waals surface area contributed by atoms with Crippen molar-refractivity contribution in [2.24, 2.45) is 5.92 Å². The van der Waals surface area contributed by atoms with E-state index in [1.165, 1.54) is 7.11 Å². The van der Waals surface area contributed by atoms with Crippen molar-refractivity contribution in [1.29, 1.82) is 5.26 Å². The molecule has 0 bridgehead atoms. The fourth-order valence-electron chi connectivity index (χ4n) is 4.65. The summed E-state index contributed by atoms with van der Waals surface area (Å²) in [6, 6.07) is 15.4. The third kappa shape index (κ3) is 8.47. The van der Waals surface area contributed by atoms with Crippen LogP contribution in [-0.2, 0) is 27.3 Å². The van der Waals surface area contributed by atoms with Gasteiger partial charge in [0.1, 0.15) is 29.5 Å². The number of hydrogen-bond acceptors (Lipinski definition) is 6. The summed E-state index contributed by atoms with van der Waals surface area (Å²) in [5, 5.41) is 14.9. The van der Waals surface area contributed by atoms with Gasteiger partial charge in [-0.05, 0) is 69.2 Å². The number of methoxy groups -OCH3 is 1. The highest BCUT2D eigenvalue weighted by Crippen LogP contribution is 2.25. The predicted molar refractivity (Wildman–Crippen MR) is 147 cm³/mol. The average molecular weight is 535 g/mol. The number of hydrogen-bond donors (Lipinski definition) is 2. The first-order valence-corrected chi connectivity index (χ1v) is 13.2. The van der Waals surface area contributed by atoms with E-state index in [0.717, 1.165) is 11.1 Å². The van der Waals surface area contributed by atoms with Crippen molar-refractivity contribution in [3.63, 3.8) is 0 Å². The Morgan fingerprint density at radius 1 is 1.13 bits per heavy atom. The normalized spacial score (nSPS) is 17.6. The van der Waals surface area contributed by atoms with Crippen molar-refractivity contribution >= 4 is 17.9 Å². The van der Waals surface area contributed by atoms with E-state index in [1.807, 2.05) is 37.3 Å². The van der Waals surface area contributed by atoms with Crippen molar-refractivity contribution in [3.8, 4) is 11.8 Å². The molecule has 0 aromatic heterocycles. The molecule has 3 rings (SSSR count). The number of nitrogens with one attached hydrogen (secondary N) is 2. The van der Waals surface area contributed by atoms with E-state index >= 15 is 0 Å². The van der Waals surface area contributed by atoms with E-state index < -0.39 is 23.8 Å². The van der Waals surface area contributed by atoms with Gasteiger partial charge in [0, 0.05) is 13.1 Å². The summed E-state index contributed by atoms with van der Waals surface area (Å²) in [4.78, 5) is 41.3. The number of rotatable bonds is 9. The molecule has 3 atom stereocenters. The molecule has 9 heteroatoms. The first-order chi connectivity index (χ1) is 18.5. The Hall–Kier alpha value is -4.06. The zero-order valence-electron chi connectivity index (χ0n) is 23.3. The lowest BCUT2D eigenvalue weighted by Crippen LogP contribution is -2.54. The second-order valence-corrected chi connectivity index (χ2v) is 10.9. The van der Waals surface area contributed by atoms with Gasteiger partial charge in [0.15, 0.2) is 0 Å². The van der Waals surface area contributed by atoms with E-state index in [2.05, 4.69) is 16.7 Å². The zero-order chi connectivity index (χ0) is 28.6. The van der Waals surface area contributed by atoms with Crippen molar-refractivity contribution in [3.05, 3.63) is 65.2 Å². The van der Waals surface area contributed by atoms with Gasteiger partial charge >= 0.3 is 6.09 Å². The van der Waals surface area contributed by atoms with Crippen LogP contribution in [0, 0.1) is 17.2 Å². The van der Waals surface area contributed by atoms with Crippen LogP contribution in [0.2, 0.25) is 0 Å². The summed E-state index contributed by atoms with van der Waals surface area (Å²) in [5.74, 6) is -0.0162. The molecule has 0 saturated carbocycles. The highest BCUT2D eigenvalue weighted by molar-refractivity contribution is 5.92. The third-order valence-electron chi connectivity index (χ3n) is 6.50. The van der Waals surface area contributed by atoms with Gasteiger partial charge in [-0.3, -0.25) is 9.59 Å². The van der Waals surface area contributed by atoms with Gasteiger partial charge < -0.3 is 25.0 Å². The molecule has 0 radical (unpaired) electrons. The number of aryl methyl sites for hydroxylation is 1. The number of nitrogens with zero attached hydrogens (tertiary/aromatic N) is 2. The number of amides is 3. The number of alkyl carbamates (subject to hydrolysis) is 1. The quantitative estimate of drug-likeness (QED) is 0.503. The molecular weight excluding hydrogens is 496 g/mol. The molecular formula is C30H38N4O5. The molecule has 9 nitrogen and oxygen atoms in total. The highest BCUT2D eigenvalue weighted by atomic mass is 16.6. The Bertz CT molecular complexity index is 1200. The number of likely N-dealkylation sites (tertiary alicyclic amines) is 1. The summed E-state index contributed by atoms with van der Waals surface area (Å²) in [6.07, 6.45) is 0.795. The fourth-order valence-corrected chi connectivity index (χ4v) is 4.65. The molecule has 2 aromatic carbocycles. The monoisotopic (exact) mass is 534 g/mol.